The van der Waals surface area contributed by atoms with Crippen LogP contribution < -0.4 is 0 Å². The normalized spacial score (nSPS) is 15.8. The van der Waals surface area contributed by atoms with Gasteiger partial charge in [-0.15, -0.1) is 11.8 Å². The van der Waals surface area contributed by atoms with Gasteiger partial charge in [-0.25, -0.2) is 4.79 Å². The number of carboxylic acid groups (broad SMARTS) is 1. The van der Waals surface area contributed by atoms with Gasteiger partial charge in [0.1, 0.15) is 0 Å². The van der Waals surface area contributed by atoms with Gasteiger partial charge in [-0.05, 0) is 37.0 Å². The average molecular weight is 301 g/mol. The third kappa shape index (κ3) is 2.80. The molecule has 1 aromatic rings. The Morgan fingerprint density at radius 3 is 2.81 bits per heavy atom. The Hall–Kier alpha value is -0.480. The van der Waals surface area contributed by atoms with Crippen molar-refractivity contribution >= 4 is 33.7 Å². The third-order valence-electron chi connectivity index (χ3n) is 2.87. The number of carboxylic acids is 1. The summed E-state index contributed by atoms with van der Waals surface area (Å²) in [6.07, 6.45) is 3.92. The largest absolute Gasteiger partial charge is 0.478 e. The van der Waals surface area contributed by atoms with Crippen LogP contribution in [0.3, 0.4) is 0 Å². The van der Waals surface area contributed by atoms with Crippen LogP contribution in [0.2, 0.25) is 0 Å². The molecule has 1 saturated carbocycles. The van der Waals surface area contributed by atoms with E-state index in [1.165, 1.54) is 19.3 Å². The number of benzene rings is 1. The Balaban J connectivity index is 2.09. The number of rotatable bonds is 4. The molecule has 1 N–H and O–H groups in total. The lowest BCUT2D eigenvalue weighted by molar-refractivity contribution is 0.0693. The van der Waals surface area contributed by atoms with E-state index in [2.05, 4.69) is 15.9 Å². The second-order valence-corrected chi connectivity index (χ2v) is 6.03. The van der Waals surface area contributed by atoms with E-state index in [-0.39, 0.29) is 0 Å². The summed E-state index contributed by atoms with van der Waals surface area (Å²) in [5.74, 6) is 0.978. The molecule has 0 saturated heterocycles. The molecule has 2 nitrogen and oxygen atoms in total. The molecule has 0 unspecified atom stereocenters. The zero-order valence-corrected chi connectivity index (χ0v) is 11.2. The Labute approximate surface area is 108 Å². The van der Waals surface area contributed by atoms with Crippen LogP contribution in [-0.4, -0.2) is 16.8 Å². The first-order valence-electron chi connectivity index (χ1n) is 5.32. The van der Waals surface area contributed by atoms with Gasteiger partial charge < -0.3 is 5.11 Å². The minimum absolute atomic E-state index is 0.410. The fourth-order valence-corrected chi connectivity index (χ4v) is 3.44. The number of thioether (sulfide) groups is 1. The van der Waals surface area contributed by atoms with Crippen LogP contribution in [-0.2, 0) is 0 Å². The molecule has 1 aliphatic rings. The van der Waals surface area contributed by atoms with Gasteiger partial charge in [-0.1, -0.05) is 22.4 Å². The zero-order chi connectivity index (χ0) is 11.5. The minimum Gasteiger partial charge on any atom is -0.478 e. The fourth-order valence-electron chi connectivity index (χ4n) is 1.66. The molecule has 4 heteroatoms. The molecule has 1 aliphatic carbocycles. The van der Waals surface area contributed by atoms with E-state index < -0.39 is 5.97 Å². The van der Waals surface area contributed by atoms with Crippen molar-refractivity contribution in [2.24, 2.45) is 5.92 Å². The first-order chi connectivity index (χ1) is 7.66. The van der Waals surface area contributed by atoms with Gasteiger partial charge >= 0.3 is 5.97 Å². The molecule has 16 heavy (non-hydrogen) atoms. The number of hydrogen-bond acceptors (Lipinski definition) is 2. The molecule has 0 aliphatic heterocycles. The Morgan fingerprint density at radius 2 is 2.25 bits per heavy atom. The molecule has 0 radical (unpaired) electrons. The smallest absolute Gasteiger partial charge is 0.336 e. The zero-order valence-electron chi connectivity index (χ0n) is 8.78. The monoisotopic (exact) mass is 300 g/mol. The molecule has 0 bridgehead atoms. The molecule has 0 atom stereocenters. The van der Waals surface area contributed by atoms with Crippen molar-refractivity contribution in [2.75, 3.05) is 5.75 Å². The van der Waals surface area contributed by atoms with Gasteiger partial charge in [-0.2, -0.15) is 0 Å². The number of halogens is 1. The maximum atomic E-state index is 11.0. The molecule has 0 spiro atoms. The average Bonchev–Trinajstić information content (AvgIpc) is 2.14. The van der Waals surface area contributed by atoms with Gasteiger partial charge in [0.05, 0.1) is 5.56 Å². The molecule has 86 valence electrons. The number of hydrogen-bond donors (Lipinski definition) is 1. The number of aromatic carboxylic acids is 1. The predicted octanol–water partition coefficient (Wildman–Crippen LogP) is 4.04. The maximum absolute atomic E-state index is 11.0. The summed E-state index contributed by atoms with van der Waals surface area (Å²) in [5.41, 5.74) is 0.410. The lowest BCUT2D eigenvalue weighted by Crippen LogP contribution is -2.13. The number of carbonyl (C=O) groups is 1. The topological polar surface area (TPSA) is 37.3 Å². The van der Waals surface area contributed by atoms with Crippen LogP contribution in [0.15, 0.2) is 27.6 Å². The molecule has 0 aromatic heterocycles. The molecule has 1 fully saturated rings. The van der Waals surface area contributed by atoms with Gasteiger partial charge in [0.25, 0.3) is 0 Å². The quantitative estimate of drug-likeness (QED) is 0.853. The second kappa shape index (κ2) is 5.23. The van der Waals surface area contributed by atoms with Crippen molar-refractivity contribution in [2.45, 2.75) is 24.2 Å². The van der Waals surface area contributed by atoms with Gasteiger partial charge in [0.2, 0.25) is 0 Å². The first-order valence-corrected chi connectivity index (χ1v) is 7.10. The standard InChI is InChI=1S/C12H13BrO2S/c13-9-4-5-10(12(14)15)11(6-9)16-7-8-2-1-3-8/h4-6,8H,1-3,7H2,(H,14,15). The lowest BCUT2D eigenvalue weighted by Gasteiger charge is -2.24. The van der Waals surface area contributed by atoms with Crippen LogP contribution in [0.25, 0.3) is 0 Å². The van der Waals surface area contributed by atoms with Crippen molar-refractivity contribution in [1.29, 1.82) is 0 Å². The van der Waals surface area contributed by atoms with Gasteiger partial charge in [-0.3, -0.25) is 0 Å². The summed E-state index contributed by atoms with van der Waals surface area (Å²) in [6.45, 7) is 0. The van der Waals surface area contributed by atoms with Crippen molar-refractivity contribution in [1.82, 2.24) is 0 Å². The van der Waals surface area contributed by atoms with Crippen LogP contribution in [0.5, 0.6) is 0 Å². The van der Waals surface area contributed by atoms with E-state index in [0.717, 1.165) is 21.0 Å². The van der Waals surface area contributed by atoms with Gasteiger partial charge in [0, 0.05) is 15.1 Å². The van der Waals surface area contributed by atoms with Crippen molar-refractivity contribution in [3.8, 4) is 0 Å². The minimum atomic E-state index is -0.844. The molecular formula is C12H13BrO2S. The highest BCUT2D eigenvalue weighted by molar-refractivity contribution is 9.10. The SMILES string of the molecule is O=C(O)c1ccc(Br)cc1SCC1CCC1. The van der Waals surface area contributed by atoms with Crippen molar-refractivity contribution < 1.29 is 9.90 Å². The van der Waals surface area contributed by atoms with E-state index in [9.17, 15) is 4.79 Å². The Bertz CT molecular complexity index is 402. The maximum Gasteiger partial charge on any atom is 0.336 e. The summed E-state index contributed by atoms with van der Waals surface area (Å²) in [5, 5.41) is 9.06. The summed E-state index contributed by atoms with van der Waals surface area (Å²) in [4.78, 5) is 11.9. The highest BCUT2D eigenvalue weighted by atomic mass is 79.9. The molecular weight excluding hydrogens is 288 g/mol. The van der Waals surface area contributed by atoms with Crippen LogP contribution in [0.1, 0.15) is 29.6 Å². The van der Waals surface area contributed by atoms with Crippen LogP contribution >= 0.6 is 27.7 Å². The van der Waals surface area contributed by atoms with E-state index in [4.69, 9.17) is 5.11 Å². The molecule has 2 rings (SSSR count). The van der Waals surface area contributed by atoms with E-state index >= 15 is 0 Å². The van der Waals surface area contributed by atoms with Crippen LogP contribution in [0, 0.1) is 5.92 Å². The van der Waals surface area contributed by atoms with Crippen LogP contribution in [0.4, 0.5) is 0 Å². The third-order valence-corrected chi connectivity index (χ3v) is 4.65. The lowest BCUT2D eigenvalue weighted by atomic mass is 9.87. The van der Waals surface area contributed by atoms with E-state index in [1.54, 1.807) is 23.9 Å². The summed E-state index contributed by atoms with van der Waals surface area (Å²) >= 11 is 5.04. The predicted molar refractivity (Wildman–Crippen MR) is 69.2 cm³/mol. The summed E-state index contributed by atoms with van der Waals surface area (Å²) in [6, 6.07) is 5.33. The molecule has 0 amide bonds. The molecule has 1 aromatic carbocycles. The summed E-state index contributed by atoms with van der Waals surface area (Å²) in [7, 11) is 0. The summed E-state index contributed by atoms with van der Waals surface area (Å²) < 4.78 is 0.939. The highest BCUT2D eigenvalue weighted by Gasteiger charge is 2.19. The van der Waals surface area contributed by atoms with Crippen molar-refractivity contribution in [3.63, 3.8) is 0 Å². The van der Waals surface area contributed by atoms with E-state index in [1.807, 2.05) is 6.07 Å². The van der Waals surface area contributed by atoms with Gasteiger partial charge in [0.15, 0.2) is 0 Å². The highest BCUT2D eigenvalue weighted by Crippen LogP contribution is 2.34. The fraction of sp³-hybridized carbons (Fsp3) is 0.417. The van der Waals surface area contributed by atoms with E-state index in [0.29, 0.717) is 5.56 Å². The Morgan fingerprint density at radius 1 is 1.50 bits per heavy atom. The first kappa shape index (κ1) is 12.0. The van der Waals surface area contributed by atoms with Crippen molar-refractivity contribution in [3.05, 3.63) is 28.2 Å². The second-order valence-electron chi connectivity index (χ2n) is 4.05. The molecule has 0 heterocycles. The Kier molecular flexibility index (Phi) is 3.92.